The maximum atomic E-state index is 12.8. The van der Waals surface area contributed by atoms with Crippen LogP contribution in [-0.4, -0.2) is 17.0 Å². The molecule has 104 valence electrons. The van der Waals surface area contributed by atoms with Gasteiger partial charge in [0.05, 0.1) is 12.0 Å². The van der Waals surface area contributed by atoms with Gasteiger partial charge in [0, 0.05) is 5.92 Å². The van der Waals surface area contributed by atoms with E-state index < -0.39 is 17.8 Å². The number of carbonyl (C=O) groups excluding carboxylic acids is 1. The van der Waals surface area contributed by atoms with Crippen LogP contribution in [0.15, 0.2) is 24.3 Å². The zero-order chi connectivity index (χ0) is 14.6. The second-order valence-corrected chi connectivity index (χ2v) is 4.70. The van der Waals surface area contributed by atoms with Gasteiger partial charge in [0.15, 0.2) is 0 Å². The monoisotopic (exact) mass is 267 g/mol. The number of carbonyl (C=O) groups is 2. The SMILES string of the molecule is CC(C(=O)O)C(C)C(=O)N[C@H](C)c1ccc(F)cc1. The molecule has 5 heteroatoms. The summed E-state index contributed by atoms with van der Waals surface area (Å²) in [5.41, 5.74) is 0.768. The molecule has 19 heavy (non-hydrogen) atoms. The number of halogens is 1. The van der Waals surface area contributed by atoms with Gasteiger partial charge in [0.25, 0.3) is 0 Å². The molecular formula is C14H18FNO3. The van der Waals surface area contributed by atoms with Gasteiger partial charge < -0.3 is 10.4 Å². The number of amides is 1. The van der Waals surface area contributed by atoms with E-state index >= 15 is 0 Å². The highest BCUT2D eigenvalue weighted by Crippen LogP contribution is 2.16. The molecule has 0 aliphatic rings. The summed E-state index contributed by atoms with van der Waals surface area (Å²) in [6.07, 6.45) is 0. The number of carboxylic acid groups (broad SMARTS) is 1. The Bertz CT molecular complexity index is 458. The number of benzene rings is 1. The highest BCUT2D eigenvalue weighted by Gasteiger charge is 2.26. The van der Waals surface area contributed by atoms with Crippen molar-refractivity contribution in [2.24, 2.45) is 11.8 Å². The first-order chi connectivity index (χ1) is 8.82. The van der Waals surface area contributed by atoms with Crippen molar-refractivity contribution in [1.29, 1.82) is 0 Å². The quantitative estimate of drug-likeness (QED) is 0.860. The van der Waals surface area contributed by atoms with E-state index in [1.165, 1.54) is 19.1 Å². The van der Waals surface area contributed by atoms with Crippen LogP contribution in [0.1, 0.15) is 32.4 Å². The van der Waals surface area contributed by atoms with Gasteiger partial charge in [-0.2, -0.15) is 0 Å². The van der Waals surface area contributed by atoms with Gasteiger partial charge in [-0.15, -0.1) is 0 Å². The van der Waals surface area contributed by atoms with Gasteiger partial charge >= 0.3 is 5.97 Å². The fraction of sp³-hybridized carbons (Fsp3) is 0.429. The molecule has 1 aromatic carbocycles. The molecule has 0 heterocycles. The zero-order valence-corrected chi connectivity index (χ0v) is 11.2. The van der Waals surface area contributed by atoms with E-state index in [4.69, 9.17) is 5.11 Å². The molecular weight excluding hydrogens is 249 g/mol. The van der Waals surface area contributed by atoms with Crippen LogP contribution in [0.4, 0.5) is 4.39 Å². The molecule has 0 aliphatic carbocycles. The first-order valence-electron chi connectivity index (χ1n) is 6.11. The van der Waals surface area contributed by atoms with Crippen LogP contribution in [0.3, 0.4) is 0 Å². The molecule has 0 saturated carbocycles. The van der Waals surface area contributed by atoms with Gasteiger partial charge in [-0.25, -0.2) is 4.39 Å². The van der Waals surface area contributed by atoms with Crippen molar-refractivity contribution in [2.75, 3.05) is 0 Å². The lowest BCUT2D eigenvalue weighted by atomic mass is 9.94. The van der Waals surface area contributed by atoms with Crippen LogP contribution < -0.4 is 5.32 Å². The first kappa shape index (κ1) is 15.1. The predicted octanol–water partition coefficient (Wildman–Crippen LogP) is 2.36. The molecule has 1 rings (SSSR count). The van der Waals surface area contributed by atoms with E-state index in [1.54, 1.807) is 26.0 Å². The van der Waals surface area contributed by atoms with Gasteiger partial charge in [0.2, 0.25) is 5.91 Å². The molecule has 3 atom stereocenters. The molecule has 0 aromatic heterocycles. The van der Waals surface area contributed by atoms with Crippen molar-refractivity contribution in [1.82, 2.24) is 5.32 Å². The van der Waals surface area contributed by atoms with Gasteiger partial charge in [-0.05, 0) is 24.6 Å². The van der Waals surface area contributed by atoms with Crippen LogP contribution in [-0.2, 0) is 9.59 Å². The molecule has 0 radical (unpaired) electrons. The maximum Gasteiger partial charge on any atom is 0.307 e. The molecule has 2 unspecified atom stereocenters. The van der Waals surface area contributed by atoms with Gasteiger partial charge in [-0.3, -0.25) is 9.59 Å². The Morgan fingerprint density at radius 2 is 1.63 bits per heavy atom. The van der Waals surface area contributed by atoms with Crippen LogP contribution >= 0.6 is 0 Å². The minimum atomic E-state index is -1.00. The van der Waals surface area contributed by atoms with E-state index in [9.17, 15) is 14.0 Å². The summed E-state index contributed by atoms with van der Waals surface area (Å²) in [6, 6.07) is 5.52. The van der Waals surface area contributed by atoms with Crippen molar-refractivity contribution in [2.45, 2.75) is 26.8 Å². The molecule has 1 aromatic rings. The third kappa shape index (κ3) is 4.05. The largest absolute Gasteiger partial charge is 0.481 e. The van der Waals surface area contributed by atoms with Gasteiger partial charge in [0.1, 0.15) is 5.82 Å². The molecule has 4 nitrogen and oxygen atoms in total. The average molecular weight is 267 g/mol. The summed E-state index contributed by atoms with van der Waals surface area (Å²) in [5, 5.41) is 11.6. The Kier molecular flexibility index (Phi) is 5.03. The normalized spacial score (nSPS) is 15.4. The Balaban J connectivity index is 2.66. The van der Waals surface area contributed by atoms with Gasteiger partial charge in [-0.1, -0.05) is 26.0 Å². The van der Waals surface area contributed by atoms with E-state index in [0.29, 0.717) is 0 Å². The fourth-order valence-electron chi connectivity index (χ4n) is 1.62. The predicted molar refractivity (Wildman–Crippen MR) is 68.9 cm³/mol. The topological polar surface area (TPSA) is 66.4 Å². The smallest absolute Gasteiger partial charge is 0.307 e. The van der Waals surface area contributed by atoms with Crippen LogP contribution in [0, 0.1) is 17.7 Å². The maximum absolute atomic E-state index is 12.8. The number of hydrogen-bond acceptors (Lipinski definition) is 2. The second-order valence-electron chi connectivity index (χ2n) is 4.70. The number of rotatable bonds is 5. The summed E-state index contributed by atoms with van der Waals surface area (Å²) < 4.78 is 12.8. The standard InChI is InChI=1S/C14H18FNO3/c1-8(9(2)14(18)19)13(17)16-10(3)11-4-6-12(15)7-5-11/h4-10H,1-3H3,(H,16,17)(H,18,19)/t8?,9?,10-/m1/s1. The molecule has 0 bridgehead atoms. The number of aliphatic carboxylic acids is 1. The number of carboxylic acids is 1. The van der Waals surface area contributed by atoms with Crippen molar-refractivity contribution < 1.29 is 19.1 Å². The first-order valence-corrected chi connectivity index (χ1v) is 6.11. The molecule has 2 N–H and O–H groups in total. The summed E-state index contributed by atoms with van der Waals surface area (Å²) in [6.45, 7) is 4.84. The van der Waals surface area contributed by atoms with E-state index in [-0.39, 0.29) is 17.8 Å². The van der Waals surface area contributed by atoms with Crippen molar-refractivity contribution in [3.63, 3.8) is 0 Å². The zero-order valence-electron chi connectivity index (χ0n) is 11.2. The lowest BCUT2D eigenvalue weighted by Gasteiger charge is -2.20. The molecule has 0 aliphatic heterocycles. The second kappa shape index (κ2) is 6.31. The van der Waals surface area contributed by atoms with E-state index in [0.717, 1.165) is 5.56 Å². The number of nitrogens with one attached hydrogen (secondary N) is 1. The van der Waals surface area contributed by atoms with E-state index in [2.05, 4.69) is 5.32 Å². The number of hydrogen-bond donors (Lipinski definition) is 2. The molecule has 0 spiro atoms. The lowest BCUT2D eigenvalue weighted by molar-refractivity contribution is -0.146. The summed E-state index contributed by atoms with van der Waals surface area (Å²) in [4.78, 5) is 22.7. The lowest BCUT2D eigenvalue weighted by Crippen LogP contribution is -2.36. The highest BCUT2D eigenvalue weighted by atomic mass is 19.1. The van der Waals surface area contributed by atoms with Crippen molar-refractivity contribution in [3.8, 4) is 0 Å². The Hall–Kier alpha value is -1.91. The average Bonchev–Trinajstić information content (AvgIpc) is 2.37. The third-order valence-electron chi connectivity index (χ3n) is 3.28. The minimum Gasteiger partial charge on any atom is -0.481 e. The Morgan fingerprint density at radius 1 is 1.11 bits per heavy atom. The van der Waals surface area contributed by atoms with Crippen LogP contribution in [0.25, 0.3) is 0 Å². The van der Waals surface area contributed by atoms with Crippen molar-refractivity contribution >= 4 is 11.9 Å². The van der Waals surface area contributed by atoms with Crippen LogP contribution in [0.2, 0.25) is 0 Å². The molecule has 1 amide bonds. The molecule has 0 fully saturated rings. The fourth-order valence-corrected chi connectivity index (χ4v) is 1.62. The summed E-state index contributed by atoms with van der Waals surface area (Å²) in [5.74, 6) is -3.04. The highest BCUT2D eigenvalue weighted by molar-refractivity contribution is 5.84. The molecule has 0 saturated heterocycles. The van der Waals surface area contributed by atoms with E-state index in [1.807, 2.05) is 0 Å². The van der Waals surface area contributed by atoms with Crippen molar-refractivity contribution in [3.05, 3.63) is 35.6 Å². The Labute approximate surface area is 111 Å². The van der Waals surface area contributed by atoms with Crippen LogP contribution in [0.5, 0.6) is 0 Å². The third-order valence-corrected chi connectivity index (χ3v) is 3.28. The summed E-state index contributed by atoms with van der Waals surface area (Å²) >= 11 is 0. The minimum absolute atomic E-state index is 0.295. The summed E-state index contributed by atoms with van der Waals surface area (Å²) in [7, 11) is 0. The Morgan fingerprint density at radius 3 is 2.11 bits per heavy atom.